The van der Waals surface area contributed by atoms with E-state index in [1.165, 1.54) is 0 Å². The Bertz CT molecular complexity index is 1420. The lowest BCUT2D eigenvalue weighted by molar-refractivity contribution is -0.121. The SMILES string of the molecule is NC(=O)[C@@H]1CCCN1C(=O)c1ccc(-c2cc(NCc3ccc(Cl)cc3Cl)n3nccc3n2)cc1. The monoisotopic (exact) mass is 508 g/mol. The normalized spacial score (nSPS) is 15.5. The average Bonchev–Trinajstić information content (AvgIpc) is 3.53. The van der Waals surface area contributed by atoms with Crippen LogP contribution in [0.5, 0.6) is 0 Å². The number of fused-ring (bicyclic) bond motifs is 1. The molecule has 3 N–H and O–H groups in total. The van der Waals surface area contributed by atoms with Crippen molar-refractivity contribution in [2.75, 3.05) is 11.9 Å². The second-order valence-corrected chi connectivity index (χ2v) is 9.20. The quantitative estimate of drug-likeness (QED) is 0.401. The Morgan fingerprint density at radius 3 is 2.63 bits per heavy atom. The number of carbonyl (C=O) groups is 2. The predicted molar refractivity (Wildman–Crippen MR) is 135 cm³/mol. The molecule has 1 saturated heterocycles. The number of benzene rings is 2. The Hall–Kier alpha value is -3.62. The van der Waals surface area contributed by atoms with Crippen LogP contribution in [0.15, 0.2) is 60.8 Å². The van der Waals surface area contributed by atoms with Crippen LogP contribution in [-0.4, -0.2) is 43.9 Å². The van der Waals surface area contributed by atoms with E-state index in [4.69, 9.17) is 33.9 Å². The van der Waals surface area contributed by atoms with Crippen LogP contribution < -0.4 is 11.1 Å². The molecule has 0 saturated carbocycles. The summed E-state index contributed by atoms with van der Waals surface area (Å²) in [5.41, 5.74) is 9.10. The summed E-state index contributed by atoms with van der Waals surface area (Å²) in [7, 11) is 0. The molecule has 1 aliphatic rings. The van der Waals surface area contributed by atoms with E-state index >= 15 is 0 Å². The van der Waals surface area contributed by atoms with E-state index in [0.717, 1.165) is 29.1 Å². The van der Waals surface area contributed by atoms with Gasteiger partial charge in [-0.2, -0.15) is 9.61 Å². The maximum absolute atomic E-state index is 12.9. The number of rotatable bonds is 6. The van der Waals surface area contributed by atoms with Gasteiger partial charge in [0.2, 0.25) is 5.91 Å². The van der Waals surface area contributed by atoms with Crippen molar-refractivity contribution in [3.05, 3.63) is 82.0 Å². The number of nitrogens with one attached hydrogen (secondary N) is 1. The standard InChI is InChI=1S/C25H22Cl2N6O2/c26-18-8-7-17(19(27)12-18)14-29-23-13-20(31-22-9-10-30-33(22)23)15-3-5-16(6-4-15)25(35)32-11-1-2-21(32)24(28)34/h3-10,12-13,21,29H,1-2,11,14H2,(H2,28,34)/t21-/m0/s1. The van der Waals surface area contributed by atoms with E-state index in [9.17, 15) is 9.59 Å². The van der Waals surface area contributed by atoms with E-state index in [1.54, 1.807) is 39.9 Å². The number of halogens is 2. The van der Waals surface area contributed by atoms with E-state index in [2.05, 4.69) is 10.4 Å². The van der Waals surface area contributed by atoms with Gasteiger partial charge in [0.25, 0.3) is 5.91 Å². The molecule has 2 aromatic carbocycles. The lowest BCUT2D eigenvalue weighted by Crippen LogP contribution is -2.43. The van der Waals surface area contributed by atoms with Crippen LogP contribution in [0.3, 0.4) is 0 Å². The van der Waals surface area contributed by atoms with Crippen LogP contribution in [0.4, 0.5) is 5.82 Å². The smallest absolute Gasteiger partial charge is 0.254 e. The highest BCUT2D eigenvalue weighted by Crippen LogP contribution is 2.26. The summed E-state index contributed by atoms with van der Waals surface area (Å²) in [5, 5.41) is 8.88. The molecule has 178 valence electrons. The highest BCUT2D eigenvalue weighted by atomic mass is 35.5. The summed E-state index contributed by atoms with van der Waals surface area (Å²) < 4.78 is 1.71. The molecule has 5 rings (SSSR count). The number of amides is 2. The summed E-state index contributed by atoms with van der Waals surface area (Å²) >= 11 is 12.3. The van der Waals surface area contributed by atoms with Gasteiger partial charge in [-0.3, -0.25) is 9.59 Å². The molecule has 2 aromatic heterocycles. The first-order valence-corrected chi connectivity index (χ1v) is 11.9. The lowest BCUT2D eigenvalue weighted by Gasteiger charge is -2.22. The number of likely N-dealkylation sites (tertiary alicyclic amines) is 1. The van der Waals surface area contributed by atoms with Gasteiger partial charge in [-0.15, -0.1) is 0 Å². The van der Waals surface area contributed by atoms with Crippen molar-refractivity contribution in [1.29, 1.82) is 0 Å². The fourth-order valence-corrected chi connectivity index (χ4v) is 4.77. The molecule has 1 aliphatic heterocycles. The largest absolute Gasteiger partial charge is 0.368 e. The maximum Gasteiger partial charge on any atom is 0.254 e. The number of primary amides is 1. The Balaban J connectivity index is 1.40. The number of nitrogens with two attached hydrogens (primary N) is 1. The maximum atomic E-state index is 12.9. The van der Waals surface area contributed by atoms with E-state index in [-0.39, 0.29) is 5.91 Å². The van der Waals surface area contributed by atoms with Crippen LogP contribution in [-0.2, 0) is 11.3 Å². The zero-order valence-electron chi connectivity index (χ0n) is 18.6. The molecule has 35 heavy (non-hydrogen) atoms. The van der Waals surface area contributed by atoms with Crippen LogP contribution in [0.2, 0.25) is 10.0 Å². The Kier molecular flexibility index (Phi) is 6.32. The third kappa shape index (κ3) is 4.67. The molecular weight excluding hydrogens is 487 g/mol. The minimum absolute atomic E-state index is 0.195. The third-order valence-corrected chi connectivity index (χ3v) is 6.69. The van der Waals surface area contributed by atoms with E-state index in [1.807, 2.05) is 30.3 Å². The van der Waals surface area contributed by atoms with Crippen LogP contribution in [0, 0.1) is 0 Å². The highest BCUT2D eigenvalue weighted by Gasteiger charge is 2.33. The van der Waals surface area contributed by atoms with Crippen molar-refractivity contribution in [1.82, 2.24) is 19.5 Å². The number of aromatic nitrogens is 3. The minimum atomic E-state index is -0.545. The molecule has 1 atom stereocenters. The predicted octanol–water partition coefficient (Wildman–Crippen LogP) is 4.41. The topological polar surface area (TPSA) is 106 Å². The zero-order valence-corrected chi connectivity index (χ0v) is 20.1. The molecule has 0 unspecified atom stereocenters. The second kappa shape index (κ2) is 9.56. The third-order valence-electron chi connectivity index (χ3n) is 6.10. The molecule has 0 spiro atoms. The number of hydrogen-bond donors (Lipinski definition) is 2. The summed E-state index contributed by atoms with van der Waals surface area (Å²) in [4.78, 5) is 30.9. The zero-order chi connectivity index (χ0) is 24.5. The molecule has 0 aliphatic carbocycles. The van der Waals surface area contributed by atoms with Crippen molar-refractivity contribution in [3.8, 4) is 11.3 Å². The van der Waals surface area contributed by atoms with Crippen molar-refractivity contribution < 1.29 is 9.59 Å². The van der Waals surface area contributed by atoms with Crippen molar-refractivity contribution >= 4 is 46.5 Å². The average molecular weight is 509 g/mol. The number of nitrogens with zero attached hydrogens (tertiary/aromatic N) is 4. The molecule has 0 radical (unpaired) electrons. The summed E-state index contributed by atoms with van der Waals surface area (Å²) in [5.74, 6) is 0.0764. The first-order chi connectivity index (χ1) is 16.9. The van der Waals surface area contributed by atoms with Crippen molar-refractivity contribution in [2.45, 2.75) is 25.4 Å². The number of carbonyl (C=O) groups excluding carboxylic acids is 2. The first kappa shape index (κ1) is 23.1. The highest BCUT2D eigenvalue weighted by molar-refractivity contribution is 6.35. The van der Waals surface area contributed by atoms with E-state index in [0.29, 0.717) is 40.8 Å². The van der Waals surface area contributed by atoms with Gasteiger partial charge in [-0.25, -0.2) is 4.98 Å². The molecule has 3 heterocycles. The van der Waals surface area contributed by atoms with Gasteiger partial charge in [0.15, 0.2) is 5.65 Å². The lowest BCUT2D eigenvalue weighted by atomic mass is 10.1. The van der Waals surface area contributed by atoms with Crippen LogP contribution in [0.25, 0.3) is 16.9 Å². The molecule has 1 fully saturated rings. The minimum Gasteiger partial charge on any atom is -0.368 e. The van der Waals surface area contributed by atoms with Gasteiger partial charge in [-0.1, -0.05) is 41.4 Å². The van der Waals surface area contributed by atoms with Gasteiger partial charge in [0, 0.05) is 46.4 Å². The molecule has 0 bridgehead atoms. The number of anilines is 1. The first-order valence-electron chi connectivity index (χ1n) is 11.1. The molecule has 4 aromatic rings. The van der Waals surface area contributed by atoms with Crippen molar-refractivity contribution in [3.63, 3.8) is 0 Å². The summed E-state index contributed by atoms with van der Waals surface area (Å²) in [6.45, 7) is 0.999. The van der Waals surface area contributed by atoms with Crippen molar-refractivity contribution in [2.24, 2.45) is 5.73 Å². The van der Waals surface area contributed by atoms with Gasteiger partial charge in [-0.05, 0) is 42.7 Å². The molecular formula is C25H22Cl2N6O2. The molecule has 2 amide bonds. The van der Waals surface area contributed by atoms with Gasteiger partial charge >= 0.3 is 0 Å². The van der Waals surface area contributed by atoms with Gasteiger partial charge in [0.05, 0.1) is 11.9 Å². The van der Waals surface area contributed by atoms with Crippen LogP contribution in [0.1, 0.15) is 28.8 Å². The van der Waals surface area contributed by atoms with Gasteiger partial charge in [0.1, 0.15) is 11.9 Å². The Morgan fingerprint density at radius 1 is 1.09 bits per heavy atom. The Morgan fingerprint density at radius 2 is 1.89 bits per heavy atom. The summed E-state index contributed by atoms with van der Waals surface area (Å²) in [6, 6.07) is 15.7. The second-order valence-electron chi connectivity index (χ2n) is 8.35. The van der Waals surface area contributed by atoms with Gasteiger partial charge < -0.3 is 16.0 Å². The fraction of sp³-hybridized carbons (Fsp3) is 0.200. The summed E-state index contributed by atoms with van der Waals surface area (Å²) in [6.07, 6.45) is 3.05. The van der Waals surface area contributed by atoms with Crippen LogP contribution >= 0.6 is 23.2 Å². The molecule has 10 heteroatoms. The fourth-order valence-electron chi connectivity index (χ4n) is 4.29. The molecule has 8 nitrogen and oxygen atoms in total. The van der Waals surface area contributed by atoms with E-state index < -0.39 is 11.9 Å². The number of hydrogen-bond acceptors (Lipinski definition) is 5. The Labute approximate surface area is 211 Å².